The molecule has 5 nitrogen and oxygen atoms in total. The molecule has 1 heterocycles. The highest BCUT2D eigenvalue weighted by Crippen LogP contribution is 2.24. The van der Waals surface area contributed by atoms with Gasteiger partial charge in [-0.1, -0.05) is 5.57 Å². The number of urea groups is 1. The Hall–Kier alpha value is -2.37. The Balaban J connectivity index is 2.23. The van der Waals surface area contributed by atoms with Gasteiger partial charge in [0.05, 0.1) is 5.69 Å². The van der Waals surface area contributed by atoms with Gasteiger partial charge in [-0.3, -0.25) is 9.69 Å². The first-order valence-electron chi connectivity index (χ1n) is 6.28. The van der Waals surface area contributed by atoms with E-state index in [2.05, 4.69) is 10.6 Å². The largest absolute Gasteiger partial charge is 0.336 e. The van der Waals surface area contributed by atoms with Crippen molar-refractivity contribution in [2.45, 2.75) is 13.8 Å². The molecule has 6 heteroatoms. The summed E-state index contributed by atoms with van der Waals surface area (Å²) in [6.07, 6.45) is 1.38. The normalized spacial score (nSPS) is 13.9. The number of nitrogens with zero attached hydrogens (tertiary/aromatic N) is 1. The average molecular weight is 277 g/mol. The molecule has 0 bridgehead atoms. The number of anilines is 2. The van der Waals surface area contributed by atoms with Crippen LogP contribution in [0.4, 0.5) is 20.6 Å². The SMILES string of the molecule is CC(C)=CC(=O)Nc1cc(N2CCNC2=O)ccc1F. The second-order valence-corrected chi connectivity index (χ2v) is 4.76. The fourth-order valence-corrected chi connectivity index (χ4v) is 1.93. The van der Waals surface area contributed by atoms with Crippen molar-refractivity contribution in [3.8, 4) is 0 Å². The van der Waals surface area contributed by atoms with Crippen LogP contribution >= 0.6 is 0 Å². The van der Waals surface area contributed by atoms with E-state index in [9.17, 15) is 14.0 Å². The van der Waals surface area contributed by atoms with Crippen molar-refractivity contribution in [2.75, 3.05) is 23.3 Å². The summed E-state index contributed by atoms with van der Waals surface area (Å²) in [4.78, 5) is 24.7. The van der Waals surface area contributed by atoms with Crippen LogP contribution in [-0.4, -0.2) is 25.0 Å². The Labute approximate surface area is 116 Å². The lowest BCUT2D eigenvalue weighted by Crippen LogP contribution is -2.27. The summed E-state index contributed by atoms with van der Waals surface area (Å²) in [6.45, 7) is 4.63. The molecule has 106 valence electrons. The first-order valence-corrected chi connectivity index (χ1v) is 6.28. The predicted molar refractivity (Wildman–Crippen MR) is 75.2 cm³/mol. The molecule has 1 aromatic rings. The summed E-state index contributed by atoms with van der Waals surface area (Å²) in [6, 6.07) is 3.98. The quantitative estimate of drug-likeness (QED) is 0.832. The van der Waals surface area contributed by atoms with E-state index < -0.39 is 11.7 Å². The van der Waals surface area contributed by atoms with Crippen molar-refractivity contribution in [2.24, 2.45) is 0 Å². The minimum absolute atomic E-state index is 0.0599. The van der Waals surface area contributed by atoms with Crippen LogP contribution < -0.4 is 15.5 Å². The van der Waals surface area contributed by atoms with Crippen molar-refractivity contribution in [3.05, 3.63) is 35.7 Å². The zero-order valence-electron chi connectivity index (χ0n) is 11.4. The van der Waals surface area contributed by atoms with E-state index >= 15 is 0 Å². The van der Waals surface area contributed by atoms with Gasteiger partial charge in [0.2, 0.25) is 5.91 Å². The van der Waals surface area contributed by atoms with Crippen LogP contribution in [0.15, 0.2) is 29.8 Å². The number of amides is 3. The molecule has 0 radical (unpaired) electrons. The molecule has 0 spiro atoms. The van der Waals surface area contributed by atoms with Crippen LogP contribution in [0.2, 0.25) is 0 Å². The molecule has 0 saturated carbocycles. The Morgan fingerprint density at radius 3 is 2.80 bits per heavy atom. The summed E-state index contributed by atoms with van der Waals surface area (Å²) >= 11 is 0. The van der Waals surface area contributed by atoms with E-state index in [1.54, 1.807) is 13.8 Å². The fourth-order valence-electron chi connectivity index (χ4n) is 1.93. The summed E-state index contributed by atoms with van der Waals surface area (Å²) in [5.74, 6) is -0.934. The van der Waals surface area contributed by atoms with E-state index in [0.29, 0.717) is 18.8 Å². The van der Waals surface area contributed by atoms with Gasteiger partial charge >= 0.3 is 6.03 Å². The molecular weight excluding hydrogens is 261 g/mol. The number of benzene rings is 1. The van der Waals surface area contributed by atoms with Crippen molar-refractivity contribution < 1.29 is 14.0 Å². The van der Waals surface area contributed by atoms with E-state index in [4.69, 9.17) is 0 Å². The standard InChI is InChI=1S/C14H16FN3O2/c1-9(2)7-13(19)17-12-8-10(3-4-11(12)15)18-6-5-16-14(18)20/h3-4,7-8H,5-6H2,1-2H3,(H,16,20)(H,17,19). The summed E-state index contributed by atoms with van der Waals surface area (Å²) in [5, 5.41) is 5.14. The van der Waals surface area contributed by atoms with Crippen molar-refractivity contribution in [3.63, 3.8) is 0 Å². The van der Waals surface area contributed by atoms with E-state index in [1.165, 1.54) is 29.2 Å². The van der Waals surface area contributed by atoms with Crippen LogP contribution in [0.1, 0.15) is 13.8 Å². The van der Waals surface area contributed by atoms with Gasteiger partial charge in [-0.2, -0.15) is 0 Å². The van der Waals surface area contributed by atoms with Gasteiger partial charge in [0.25, 0.3) is 0 Å². The lowest BCUT2D eigenvalue weighted by Gasteiger charge is -2.15. The number of rotatable bonds is 3. The lowest BCUT2D eigenvalue weighted by atomic mass is 10.2. The highest BCUT2D eigenvalue weighted by Gasteiger charge is 2.22. The molecule has 1 aromatic carbocycles. The van der Waals surface area contributed by atoms with Gasteiger partial charge in [-0.05, 0) is 32.0 Å². The van der Waals surface area contributed by atoms with Gasteiger partial charge in [0.15, 0.2) is 0 Å². The van der Waals surface area contributed by atoms with Crippen LogP contribution in [0.25, 0.3) is 0 Å². The number of halogens is 1. The minimum Gasteiger partial charge on any atom is -0.336 e. The van der Waals surface area contributed by atoms with Gasteiger partial charge in [-0.15, -0.1) is 0 Å². The monoisotopic (exact) mass is 277 g/mol. The summed E-state index contributed by atoms with van der Waals surface area (Å²) in [5.41, 5.74) is 1.43. The van der Waals surface area contributed by atoms with Crippen LogP contribution in [0.3, 0.4) is 0 Å². The third-order valence-corrected chi connectivity index (χ3v) is 2.80. The molecule has 1 fully saturated rings. The topological polar surface area (TPSA) is 61.4 Å². The maximum Gasteiger partial charge on any atom is 0.321 e. The van der Waals surface area contributed by atoms with Crippen LogP contribution in [-0.2, 0) is 4.79 Å². The average Bonchev–Trinajstić information content (AvgIpc) is 2.77. The van der Waals surface area contributed by atoms with Crippen LogP contribution in [0, 0.1) is 5.82 Å². The summed E-state index contributed by atoms with van der Waals surface area (Å²) in [7, 11) is 0. The molecule has 0 aromatic heterocycles. The zero-order valence-corrected chi connectivity index (χ0v) is 11.4. The maximum absolute atomic E-state index is 13.7. The van der Waals surface area contributed by atoms with E-state index in [1.807, 2.05) is 0 Å². The molecule has 1 saturated heterocycles. The number of hydrogen-bond donors (Lipinski definition) is 2. The molecule has 0 atom stereocenters. The lowest BCUT2D eigenvalue weighted by molar-refractivity contribution is -0.112. The first kappa shape index (κ1) is 14.0. The molecule has 0 unspecified atom stereocenters. The van der Waals surface area contributed by atoms with Gasteiger partial charge < -0.3 is 10.6 Å². The third-order valence-electron chi connectivity index (χ3n) is 2.80. The number of nitrogens with one attached hydrogen (secondary N) is 2. The minimum atomic E-state index is -0.538. The second kappa shape index (κ2) is 5.73. The van der Waals surface area contributed by atoms with E-state index in [-0.39, 0.29) is 11.7 Å². The third kappa shape index (κ3) is 3.14. The van der Waals surface area contributed by atoms with Gasteiger partial charge in [0, 0.05) is 24.9 Å². The Morgan fingerprint density at radius 1 is 1.45 bits per heavy atom. The molecule has 20 heavy (non-hydrogen) atoms. The van der Waals surface area contributed by atoms with Crippen LogP contribution in [0.5, 0.6) is 0 Å². The molecule has 2 N–H and O–H groups in total. The maximum atomic E-state index is 13.7. The second-order valence-electron chi connectivity index (χ2n) is 4.76. The van der Waals surface area contributed by atoms with Crippen molar-refractivity contribution >= 4 is 23.3 Å². The highest BCUT2D eigenvalue weighted by molar-refractivity contribution is 6.01. The highest BCUT2D eigenvalue weighted by atomic mass is 19.1. The Kier molecular flexibility index (Phi) is 4.02. The predicted octanol–water partition coefficient (Wildman–Crippen LogP) is 2.26. The number of carbonyl (C=O) groups is 2. The number of hydrogen-bond acceptors (Lipinski definition) is 2. The molecule has 0 aliphatic carbocycles. The van der Waals surface area contributed by atoms with Crippen molar-refractivity contribution in [1.82, 2.24) is 5.32 Å². The molecule has 3 amide bonds. The Bertz CT molecular complexity index is 580. The fraction of sp³-hybridized carbons (Fsp3) is 0.286. The van der Waals surface area contributed by atoms with Gasteiger partial charge in [-0.25, -0.2) is 9.18 Å². The Morgan fingerprint density at radius 2 is 2.20 bits per heavy atom. The molecule has 2 rings (SSSR count). The molecular formula is C14H16FN3O2. The van der Waals surface area contributed by atoms with E-state index in [0.717, 1.165) is 5.57 Å². The zero-order chi connectivity index (χ0) is 14.7. The van der Waals surface area contributed by atoms with Gasteiger partial charge in [0.1, 0.15) is 5.82 Å². The number of carbonyl (C=O) groups excluding carboxylic acids is 2. The first-order chi connectivity index (χ1) is 9.47. The molecule has 1 aliphatic heterocycles. The van der Waals surface area contributed by atoms with Crippen molar-refractivity contribution in [1.29, 1.82) is 0 Å². The number of allylic oxidation sites excluding steroid dienone is 1. The smallest absolute Gasteiger partial charge is 0.321 e. The molecule has 1 aliphatic rings. The summed E-state index contributed by atoms with van der Waals surface area (Å²) < 4.78 is 13.7.